The van der Waals surface area contributed by atoms with Gasteiger partial charge in [-0.05, 0) is 0 Å². The van der Waals surface area contributed by atoms with Crippen molar-refractivity contribution in [3.05, 3.63) is 0 Å². The van der Waals surface area contributed by atoms with Crippen LogP contribution in [0.25, 0.3) is 0 Å². The van der Waals surface area contributed by atoms with Gasteiger partial charge in [-0.25, -0.2) is 0 Å². The summed E-state index contributed by atoms with van der Waals surface area (Å²) in [5, 5.41) is 0.610. The second-order valence-corrected chi connectivity index (χ2v) is 3.09. The van der Waals surface area contributed by atoms with Gasteiger partial charge in [-0.1, -0.05) is 0 Å². The Balaban J connectivity index is 0.000000640. The third-order valence-electron chi connectivity index (χ3n) is 0.875. The average molecular weight is 150 g/mol. The maximum Gasteiger partial charge on any atom is 0.302 e. The smallest absolute Gasteiger partial charge is 0.302 e. The molecule has 1 unspecified atom stereocenters. The van der Waals surface area contributed by atoms with E-state index in [-0.39, 0.29) is 11.4 Å². The Labute approximate surface area is 58.1 Å². The highest BCUT2D eigenvalue weighted by Gasteiger charge is 2.23. The van der Waals surface area contributed by atoms with Crippen LogP contribution in [-0.2, 0) is 9.53 Å². The van der Waals surface area contributed by atoms with Gasteiger partial charge in [0.2, 0.25) is 0 Å². The molecule has 1 heterocycles. The van der Waals surface area contributed by atoms with Gasteiger partial charge in [0, 0.05) is 17.9 Å². The lowest BCUT2D eigenvalue weighted by Gasteiger charge is -1.94. The number of thioether (sulfide) groups is 1. The zero-order chi connectivity index (χ0) is 5.98. The highest BCUT2D eigenvalue weighted by atomic mass is 32.2. The molecule has 1 saturated heterocycles. The van der Waals surface area contributed by atoms with Crippen molar-refractivity contribution < 1.29 is 15.0 Å². The zero-order valence-electron chi connectivity index (χ0n) is 5.22. The van der Waals surface area contributed by atoms with E-state index >= 15 is 0 Å². The lowest BCUT2D eigenvalue weighted by atomic mass is 10.5. The molecule has 3 nitrogen and oxygen atoms in total. The van der Waals surface area contributed by atoms with Gasteiger partial charge < -0.3 is 10.2 Å². The molecule has 1 aliphatic rings. The average Bonchev–Trinajstić information content (AvgIpc) is 2.41. The van der Waals surface area contributed by atoms with Crippen LogP contribution in [0, 0.1) is 0 Å². The predicted octanol–water partition coefficient (Wildman–Crippen LogP) is -0.160. The van der Waals surface area contributed by atoms with Crippen LogP contribution < -0.4 is 0 Å². The minimum Gasteiger partial charge on any atom is -0.465 e. The molecule has 54 valence electrons. The molecule has 4 heteroatoms. The fraction of sp³-hybridized carbons (Fsp3) is 0.800. The third kappa shape index (κ3) is 4.29. The summed E-state index contributed by atoms with van der Waals surface area (Å²) in [5.41, 5.74) is 0. The van der Waals surface area contributed by atoms with Gasteiger partial charge in [0.25, 0.3) is 0 Å². The number of carbonyl (C=O) groups is 1. The molecule has 0 spiro atoms. The minimum absolute atomic E-state index is 0. The number of rotatable bonds is 2. The molecular weight excluding hydrogens is 140 g/mol. The number of hydrogen-bond donors (Lipinski definition) is 0. The van der Waals surface area contributed by atoms with E-state index in [1.54, 1.807) is 0 Å². The molecule has 0 bridgehead atoms. The molecule has 1 rings (SSSR count). The van der Waals surface area contributed by atoms with Crippen LogP contribution in [0.4, 0.5) is 0 Å². The van der Waals surface area contributed by atoms with E-state index in [9.17, 15) is 4.79 Å². The van der Waals surface area contributed by atoms with Crippen molar-refractivity contribution in [3.63, 3.8) is 0 Å². The van der Waals surface area contributed by atoms with Gasteiger partial charge in [-0.15, -0.1) is 0 Å². The van der Waals surface area contributed by atoms with Gasteiger partial charge in [-0.3, -0.25) is 4.79 Å². The summed E-state index contributed by atoms with van der Waals surface area (Å²) in [6, 6.07) is 0. The Bertz CT molecular complexity index is 100. The first-order chi connectivity index (χ1) is 3.79. The monoisotopic (exact) mass is 150 g/mol. The first-order valence-corrected chi connectivity index (χ1v) is 3.59. The van der Waals surface area contributed by atoms with Crippen molar-refractivity contribution in [2.24, 2.45) is 0 Å². The molecule has 0 aromatic heterocycles. The standard InChI is InChI=1S/C5H8O2S.H2O/c1-4(6)7-2-5-3-8-5;/h5H,2-3H2,1H3;1H2. The molecule has 0 aliphatic carbocycles. The molecule has 9 heavy (non-hydrogen) atoms. The van der Waals surface area contributed by atoms with Crippen LogP contribution >= 0.6 is 11.8 Å². The molecule has 0 saturated carbocycles. The van der Waals surface area contributed by atoms with Crippen LogP contribution in [0.5, 0.6) is 0 Å². The van der Waals surface area contributed by atoms with Gasteiger partial charge in [0.05, 0.1) is 0 Å². The number of esters is 1. The normalized spacial score (nSPS) is 22.1. The van der Waals surface area contributed by atoms with Crippen LogP contribution in [0.2, 0.25) is 0 Å². The summed E-state index contributed by atoms with van der Waals surface area (Å²) >= 11 is 1.83. The van der Waals surface area contributed by atoms with Crippen molar-refractivity contribution in [2.75, 3.05) is 12.4 Å². The Morgan fingerprint density at radius 1 is 1.89 bits per heavy atom. The summed E-state index contributed by atoms with van der Waals surface area (Å²) < 4.78 is 4.71. The summed E-state index contributed by atoms with van der Waals surface area (Å²) in [6.45, 7) is 2.05. The topological polar surface area (TPSA) is 57.8 Å². The van der Waals surface area contributed by atoms with E-state index < -0.39 is 0 Å². The SMILES string of the molecule is CC(=O)OCC1CS1.O. The van der Waals surface area contributed by atoms with E-state index in [0.717, 1.165) is 5.75 Å². The highest BCUT2D eigenvalue weighted by molar-refractivity contribution is 8.06. The van der Waals surface area contributed by atoms with Gasteiger partial charge in [0.1, 0.15) is 6.61 Å². The largest absolute Gasteiger partial charge is 0.465 e. The van der Waals surface area contributed by atoms with Crippen LogP contribution in [0.15, 0.2) is 0 Å². The Hall–Kier alpha value is -0.220. The van der Waals surface area contributed by atoms with Crippen LogP contribution in [0.3, 0.4) is 0 Å². The lowest BCUT2D eigenvalue weighted by Crippen LogP contribution is -2.04. The molecule has 0 amide bonds. The number of ether oxygens (including phenoxy) is 1. The minimum atomic E-state index is -0.169. The van der Waals surface area contributed by atoms with E-state index in [0.29, 0.717) is 11.9 Å². The molecule has 1 fully saturated rings. The Kier molecular flexibility index (Phi) is 3.65. The second kappa shape index (κ2) is 3.74. The molecule has 0 aromatic carbocycles. The third-order valence-corrected chi connectivity index (χ3v) is 1.82. The van der Waals surface area contributed by atoms with E-state index in [1.807, 2.05) is 11.8 Å². The van der Waals surface area contributed by atoms with Crippen LogP contribution in [-0.4, -0.2) is 29.1 Å². The lowest BCUT2D eigenvalue weighted by molar-refractivity contribution is -0.140. The molecular formula is C5H10O3S. The summed E-state index contributed by atoms with van der Waals surface area (Å²) in [7, 11) is 0. The molecule has 1 atom stereocenters. The Morgan fingerprint density at radius 3 is 2.78 bits per heavy atom. The highest BCUT2D eigenvalue weighted by Crippen LogP contribution is 2.29. The van der Waals surface area contributed by atoms with Crippen molar-refractivity contribution in [1.29, 1.82) is 0 Å². The fourth-order valence-electron chi connectivity index (χ4n) is 0.375. The summed E-state index contributed by atoms with van der Waals surface area (Å²) in [4.78, 5) is 10.1. The first kappa shape index (κ1) is 8.78. The molecule has 0 aromatic rings. The maximum absolute atomic E-state index is 10.1. The first-order valence-electron chi connectivity index (χ1n) is 2.54. The van der Waals surface area contributed by atoms with Crippen molar-refractivity contribution in [1.82, 2.24) is 0 Å². The molecule has 2 N–H and O–H groups in total. The summed E-state index contributed by atoms with van der Waals surface area (Å²) in [5.74, 6) is 0.991. The van der Waals surface area contributed by atoms with Crippen molar-refractivity contribution in [2.45, 2.75) is 12.2 Å². The van der Waals surface area contributed by atoms with Crippen molar-refractivity contribution >= 4 is 17.7 Å². The van der Waals surface area contributed by atoms with Crippen LogP contribution in [0.1, 0.15) is 6.92 Å². The van der Waals surface area contributed by atoms with Gasteiger partial charge in [0.15, 0.2) is 0 Å². The second-order valence-electron chi connectivity index (χ2n) is 1.76. The quantitative estimate of drug-likeness (QED) is 0.406. The predicted molar refractivity (Wildman–Crippen MR) is 36.5 cm³/mol. The van der Waals surface area contributed by atoms with Gasteiger partial charge >= 0.3 is 5.97 Å². The summed E-state index contributed by atoms with van der Waals surface area (Å²) in [6.07, 6.45) is 0. The molecule has 1 aliphatic heterocycles. The molecule has 0 radical (unpaired) electrons. The van der Waals surface area contributed by atoms with Crippen molar-refractivity contribution in [3.8, 4) is 0 Å². The Morgan fingerprint density at radius 2 is 2.44 bits per heavy atom. The number of carbonyl (C=O) groups excluding carboxylic acids is 1. The zero-order valence-corrected chi connectivity index (χ0v) is 6.03. The van der Waals surface area contributed by atoms with E-state index in [1.165, 1.54) is 6.92 Å². The van der Waals surface area contributed by atoms with E-state index in [4.69, 9.17) is 4.74 Å². The van der Waals surface area contributed by atoms with E-state index in [2.05, 4.69) is 0 Å². The van der Waals surface area contributed by atoms with Gasteiger partial charge in [-0.2, -0.15) is 11.8 Å². The maximum atomic E-state index is 10.1. The fourth-order valence-corrected chi connectivity index (χ4v) is 0.771. The number of hydrogen-bond acceptors (Lipinski definition) is 3.